The quantitative estimate of drug-likeness (QED) is 0.880. The minimum Gasteiger partial charge on any atom is -0.349 e. The Bertz CT molecular complexity index is 633. The van der Waals surface area contributed by atoms with Crippen LogP contribution in [0.1, 0.15) is 48.3 Å². The molecule has 0 atom stereocenters. The molecule has 118 valence electrons. The molecule has 1 aromatic heterocycles. The van der Waals surface area contributed by atoms with Gasteiger partial charge in [-0.1, -0.05) is 55.8 Å². The fourth-order valence-corrected chi connectivity index (χ4v) is 2.74. The third kappa shape index (κ3) is 3.69. The van der Waals surface area contributed by atoms with Gasteiger partial charge in [0, 0.05) is 6.04 Å². The van der Waals surface area contributed by atoms with Crippen molar-refractivity contribution in [2.45, 2.75) is 46.2 Å². The van der Waals surface area contributed by atoms with Crippen LogP contribution in [0, 0.1) is 6.92 Å². The Hall–Kier alpha value is -1.81. The second-order valence-corrected chi connectivity index (χ2v) is 5.74. The molecule has 0 saturated carbocycles. The number of carbonyl (C=O) groups excluding carboxylic acids is 1. The lowest BCUT2D eigenvalue weighted by Gasteiger charge is -2.14. The Kier molecular flexibility index (Phi) is 5.61. The molecule has 0 aliphatic carbocycles. The number of benzene rings is 1. The summed E-state index contributed by atoms with van der Waals surface area (Å²) in [6.07, 6.45) is 1.80. The molecular formula is C17H22ClN3O. The fourth-order valence-electron chi connectivity index (χ4n) is 2.42. The lowest BCUT2D eigenvalue weighted by Crippen LogP contribution is -2.34. The highest BCUT2D eigenvalue weighted by atomic mass is 35.5. The summed E-state index contributed by atoms with van der Waals surface area (Å²) in [5, 5.41) is 7.82. The van der Waals surface area contributed by atoms with E-state index in [0.717, 1.165) is 18.4 Å². The Morgan fingerprint density at radius 1 is 1.27 bits per heavy atom. The third-order valence-electron chi connectivity index (χ3n) is 3.79. The van der Waals surface area contributed by atoms with E-state index in [1.165, 1.54) is 0 Å². The van der Waals surface area contributed by atoms with Crippen LogP contribution in [0.2, 0.25) is 5.15 Å². The average Bonchev–Trinajstić information content (AvgIpc) is 2.80. The number of nitrogens with zero attached hydrogens (tertiary/aromatic N) is 2. The monoisotopic (exact) mass is 319 g/mol. The number of carbonyl (C=O) groups is 1. The second kappa shape index (κ2) is 7.45. The second-order valence-electron chi connectivity index (χ2n) is 5.38. The molecular weight excluding hydrogens is 298 g/mol. The van der Waals surface area contributed by atoms with E-state index in [4.69, 9.17) is 11.6 Å². The van der Waals surface area contributed by atoms with Crippen molar-refractivity contribution >= 4 is 17.5 Å². The summed E-state index contributed by atoms with van der Waals surface area (Å²) in [5.74, 6) is -0.143. The van der Waals surface area contributed by atoms with E-state index in [1.54, 1.807) is 4.68 Å². The highest BCUT2D eigenvalue weighted by molar-refractivity contribution is 6.33. The summed E-state index contributed by atoms with van der Waals surface area (Å²) in [6.45, 7) is 6.48. The average molecular weight is 320 g/mol. The first kappa shape index (κ1) is 16.6. The number of hydrogen-bond donors (Lipinski definition) is 1. The van der Waals surface area contributed by atoms with Crippen LogP contribution < -0.4 is 5.32 Å². The molecule has 2 aromatic rings. The summed E-state index contributed by atoms with van der Waals surface area (Å²) in [5.41, 5.74) is 2.23. The van der Waals surface area contributed by atoms with Crippen molar-refractivity contribution in [3.8, 4) is 0 Å². The van der Waals surface area contributed by atoms with Crippen molar-refractivity contribution in [1.82, 2.24) is 15.1 Å². The first-order chi connectivity index (χ1) is 10.6. The van der Waals surface area contributed by atoms with Gasteiger partial charge in [-0.2, -0.15) is 5.10 Å². The number of hydrogen-bond acceptors (Lipinski definition) is 2. The van der Waals surface area contributed by atoms with Gasteiger partial charge in [-0.15, -0.1) is 0 Å². The van der Waals surface area contributed by atoms with Gasteiger partial charge in [-0.3, -0.25) is 4.79 Å². The van der Waals surface area contributed by atoms with Crippen molar-refractivity contribution in [1.29, 1.82) is 0 Å². The molecule has 0 bridgehead atoms. The summed E-state index contributed by atoms with van der Waals surface area (Å²) in [4.78, 5) is 12.4. The standard InChI is InChI=1S/C17H22ClN3O/c1-4-14(5-2)19-17(22)15-12(3)20-21(16(15)18)11-13-9-7-6-8-10-13/h6-10,14H,4-5,11H2,1-3H3,(H,19,22). The summed E-state index contributed by atoms with van der Waals surface area (Å²) in [6, 6.07) is 10.1. The van der Waals surface area contributed by atoms with Crippen LogP contribution in [-0.4, -0.2) is 21.7 Å². The molecule has 1 aromatic carbocycles. The third-order valence-corrected chi connectivity index (χ3v) is 4.17. The Balaban J connectivity index is 2.21. The molecule has 22 heavy (non-hydrogen) atoms. The van der Waals surface area contributed by atoms with E-state index in [2.05, 4.69) is 24.3 Å². The first-order valence-electron chi connectivity index (χ1n) is 7.64. The SMILES string of the molecule is CCC(CC)NC(=O)c1c(C)nn(Cc2ccccc2)c1Cl. The normalized spacial score (nSPS) is 11.0. The molecule has 0 saturated heterocycles. The lowest BCUT2D eigenvalue weighted by atomic mass is 10.1. The van der Waals surface area contributed by atoms with Crippen molar-refractivity contribution in [3.63, 3.8) is 0 Å². The molecule has 1 heterocycles. The van der Waals surface area contributed by atoms with E-state index < -0.39 is 0 Å². The first-order valence-corrected chi connectivity index (χ1v) is 8.02. The van der Waals surface area contributed by atoms with Crippen LogP contribution >= 0.6 is 11.6 Å². The van der Waals surface area contributed by atoms with E-state index in [-0.39, 0.29) is 11.9 Å². The van der Waals surface area contributed by atoms with Crippen molar-refractivity contribution in [2.24, 2.45) is 0 Å². The fraction of sp³-hybridized carbons (Fsp3) is 0.412. The Morgan fingerprint density at radius 3 is 2.50 bits per heavy atom. The highest BCUT2D eigenvalue weighted by Crippen LogP contribution is 2.21. The van der Waals surface area contributed by atoms with Gasteiger partial charge in [-0.05, 0) is 25.3 Å². The molecule has 0 aliphatic heterocycles. The number of aromatic nitrogens is 2. The number of halogens is 1. The molecule has 0 radical (unpaired) electrons. The van der Waals surface area contributed by atoms with Gasteiger partial charge in [-0.25, -0.2) is 4.68 Å². The van der Waals surface area contributed by atoms with Gasteiger partial charge in [0.2, 0.25) is 0 Å². The van der Waals surface area contributed by atoms with Crippen molar-refractivity contribution in [3.05, 3.63) is 52.3 Å². The topological polar surface area (TPSA) is 46.9 Å². The van der Waals surface area contributed by atoms with E-state index in [1.807, 2.05) is 37.3 Å². The number of amides is 1. The molecule has 1 amide bonds. The maximum Gasteiger partial charge on any atom is 0.256 e. The number of rotatable bonds is 6. The molecule has 0 unspecified atom stereocenters. The van der Waals surface area contributed by atoms with Crippen LogP contribution in [0.25, 0.3) is 0 Å². The largest absolute Gasteiger partial charge is 0.349 e. The minimum atomic E-state index is -0.143. The van der Waals surface area contributed by atoms with Crippen LogP contribution in [-0.2, 0) is 6.54 Å². The van der Waals surface area contributed by atoms with E-state index in [0.29, 0.717) is 23.0 Å². The number of aryl methyl sites for hydroxylation is 1. The Morgan fingerprint density at radius 2 is 1.91 bits per heavy atom. The van der Waals surface area contributed by atoms with Crippen molar-refractivity contribution < 1.29 is 4.79 Å². The maximum atomic E-state index is 12.4. The molecule has 5 heteroatoms. The van der Waals surface area contributed by atoms with Crippen LogP contribution in [0.5, 0.6) is 0 Å². The van der Waals surface area contributed by atoms with E-state index >= 15 is 0 Å². The molecule has 1 N–H and O–H groups in total. The summed E-state index contributed by atoms with van der Waals surface area (Å²) in [7, 11) is 0. The minimum absolute atomic E-state index is 0.143. The van der Waals surface area contributed by atoms with Gasteiger partial charge >= 0.3 is 0 Å². The van der Waals surface area contributed by atoms with Crippen molar-refractivity contribution in [2.75, 3.05) is 0 Å². The van der Waals surface area contributed by atoms with Gasteiger partial charge in [0.05, 0.1) is 17.8 Å². The summed E-state index contributed by atoms with van der Waals surface area (Å²) < 4.78 is 1.67. The maximum absolute atomic E-state index is 12.4. The van der Waals surface area contributed by atoms with Crippen LogP contribution in [0.15, 0.2) is 30.3 Å². The van der Waals surface area contributed by atoms with E-state index in [9.17, 15) is 4.79 Å². The predicted octanol–water partition coefficient (Wildman–Crippen LogP) is 3.81. The molecule has 2 rings (SSSR count). The summed E-state index contributed by atoms with van der Waals surface area (Å²) >= 11 is 6.38. The van der Waals surface area contributed by atoms with Crippen LogP contribution in [0.3, 0.4) is 0 Å². The predicted molar refractivity (Wildman–Crippen MR) is 89.4 cm³/mol. The zero-order valence-corrected chi connectivity index (χ0v) is 14.0. The number of nitrogens with one attached hydrogen (secondary N) is 1. The van der Waals surface area contributed by atoms with Gasteiger partial charge < -0.3 is 5.32 Å². The Labute approximate surface area is 136 Å². The molecule has 0 spiro atoms. The van der Waals surface area contributed by atoms with Gasteiger partial charge in [0.25, 0.3) is 5.91 Å². The zero-order chi connectivity index (χ0) is 16.1. The van der Waals surface area contributed by atoms with Crippen LogP contribution in [0.4, 0.5) is 0 Å². The molecule has 0 fully saturated rings. The zero-order valence-electron chi connectivity index (χ0n) is 13.3. The lowest BCUT2D eigenvalue weighted by molar-refractivity contribution is 0.0934. The highest BCUT2D eigenvalue weighted by Gasteiger charge is 2.21. The smallest absolute Gasteiger partial charge is 0.256 e. The molecule has 0 aliphatic rings. The molecule has 4 nitrogen and oxygen atoms in total. The van der Waals surface area contributed by atoms with Gasteiger partial charge in [0.15, 0.2) is 0 Å². The van der Waals surface area contributed by atoms with Gasteiger partial charge in [0.1, 0.15) is 5.15 Å².